The lowest BCUT2D eigenvalue weighted by atomic mass is 10.1. The first-order valence-corrected chi connectivity index (χ1v) is 29.4. The largest absolute Gasteiger partial charge is 0.756 e. The molecule has 0 aromatic rings. The van der Waals surface area contributed by atoms with Crippen molar-refractivity contribution < 1.29 is 37.3 Å². The number of nitrogens with zero attached hydrogens (tertiary/aromatic N) is 1. The maximum Gasteiger partial charge on any atom is 0.306 e. The van der Waals surface area contributed by atoms with Gasteiger partial charge in [-0.15, -0.1) is 0 Å². The molecule has 398 valence electrons. The number of carbonyl (C=O) groups excluding carboxylic acids is 2. The smallest absolute Gasteiger partial charge is 0.306 e. The van der Waals surface area contributed by atoms with Gasteiger partial charge in [0.15, 0.2) is 0 Å². The van der Waals surface area contributed by atoms with Crippen LogP contribution in [0, 0.1) is 0 Å². The van der Waals surface area contributed by atoms with Crippen LogP contribution in [0.2, 0.25) is 0 Å². The number of hydrogen-bond acceptors (Lipinski definition) is 7. The quantitative estimate of drug-likeness (QED) is 0.0161. The molecule has 3 atom stereocenters. The third kappa shape index (κ3) is 49.9. The molecule has 0 fully saturated rings. The van der Waals surface area contributed by atoms with Crippen molar-refractivity contribution >= 4 is 19.7 Å². The van der Waals surface area contributed by atoms with Crippen molar-refractivity contribution in [3.05, 3.63) is 85.1 Å². The summed E-state index contributed by atoms with van der Waals surface area (Å²) in [6.07, 6.45) is 62.6. The molecule has 0 spiro atoms. The van der Waals surface area contributed by atoms with Crippen molar-refractivity contribution in [2.45, 2.75) is 238 Å². The van der Waals surface area contributed by atoms with Crippen molar-refractivity contribution in [2.75, 3.05) is 40.9 Å². The van der Waals surface area contributed by atoms with Gasteiger partial charge in [-0.25, -0.2) is 0 Å². The van der Waals surface area contributed by atoms with E-state index in [1.807, 2.05) is 33.3 Å². The maximum absolute atomic E-state index is 13.5. The number of hydrogen-bond donors (Lipinski definition) is 1. The molecule has 0 aliphatic rings. The fraction of sp³-hybridized carbons (Fsp3) is 0.729. The second-order valence-electron chi connectivity index (χ2n) is 19.8. The number of likely N-dealkylation sites (N-methyl/N-ethyl adjacent to an activating group) is 1. The summed E-state index contributed by atoms with van der Waals surface area (Å²) in [5.74, 6) is -0.586. The molecule has 1 amide bonds. The average molecular weight is 985 g/mol. The van der Waals surface area contributed by atoms with Crippen LogP contribution in [0.1, 0.15) is 226 Å². The minimum atomic E-state index is -4.70. The fourth-order valence-electron chi connectivity index (χ4n) is 7.53. The van der Waals surface area contributed by atoms with Gasteiger partial charge in [-0.2, -0.15) is 0 Å². The molecule has 0 bridgehead atoms. The lowest BCUT2D eigenvalue weighted by Crippen LogP contribution is -2.47. The van der Waals surface area contributed by atoms with E-state index in [-0.39, 0.29) is 24.9 Å². The molecule has 0 heterocycles. The molecule has 3 unspecified atom stereocenters. The van der Waals surface area contributed by atoms with Crippen LogP contribution in [0.5, 0.6) is 0 Å². The third-order valence-corrected chi connectivity index (χ3v) is 12.8. The molecular weight excluding hydrogens is 880 g/mol. The van der Waals surface area contributed by atoms with Gasteiger partial charge in [0.1, 0.15) is 19.3 Å². The highest BCUT2D eigenvalue weighted by molar-refractivity contribution is 7.45. The molecule has 0 aliphatic heterocycles. The van der Waals surface area contributed by atoms with Gasteiger partial charge in [0, 0.05) is 12.8 Å². The average Bonchev–Trinajstić information content (AvgIpc) is 3.31. The molecule has 0 aromatic heterocycles. The molecule has 10 heteroatoms. The summed E-state index contributed by atoms with van der Waals surface area (Å²) in [4.78, 5) is 39.8. The van der Waals surface area contributed by atoms with Crippen LogP contribution in [-0.4, -0.2) is 69.4 Å². The van der Waals surface area contributed by atoms with Crippen LogP contribution in [0.4, 0.5) is 0 Å². The Bertz CT molecular complexity index is 1460. The van der Waals surface area contributed by atoms with Gasteiger partial charge in [0.2, 0.25) is 5.91 Å². The van der Waals surface area contributed by atoms with Crippen molar-refractivity contribution in [2.24, 2.45) is 0 Å². The number of rotatable bonds is 49. The van der Waals surface area contributed by atoms with Crippen LogP contribution < -0.4 is 10.2 Å². The zero-order chi connectivity index (χ0) is 50.8. The van der Waals surface area contributed by atoms with Crippen LogP contribution in [0.15, 0.2) is 85.1 Å². The van der Waals surface area contributed by atoms with Crippen molar-refractivity contribution in [1.82, 2.24) is 5.32 Å². The van der Waals surface area contributed by atoms with Gasteiger partial charge in [-0.05, 0) is 89.5 Å². The number of ether oxygens (including phenoxy) is 1. The Labute approximate surface area is 425 Å². The van der Waals surface area contributed by atoms with E-state index in [1.165, 1.54) is 89.9 Å². The number of carbonyl (C=O) groups is 2. The van der Waals surface area contributed by atoms with E-state index in [1.54, 1.807) is 0 Å². The molecular formula is C59H105N2O7P. The highest BCUT2D eigenvalue weighted by atomic mass is 31.2. The normalized spacial score (nSPS) is 14.5. The van der Waals surface area contributed by atoms with Crippen molar-refractivity contribution in [3.8, 4) is 0 Å². The van der Waals surface area contributed by atoms with Gasteiger partial charge in [0.05, 0.1) is 33.8 Å². The Balaban J connectivity index is 5.41. The van der Waals surface area contributed by atoms with Crippen molar-refractivity contribution in [1.29, 1.82) is 0 Å². The van der Waals surface area contributed by atoms with Crippen LogP contribution in [-0.2, 0) is 27.9 Å². The fourth-order valence-corrected chi connectivity index (χ4v) is 8.25. The van der Waals surface area contributed by atoms with E-state index in [2.05, 4.69) is 99.0 Å². The van der Waals surface area contributed by atoms with E-state index in [4.69, 9.17) is 13.8 Å². The first-order chi connectivity index (χ1) is 33.4. The second-order valence-corrected chi connectivity index (χ2v) is 21.2. The predicted octanol–water partition coefficient (Wildman–Crippen LogP) is 16.0. The Morgan fingerprint density at radius 3 is 1.54 bits per heavy atom. The highest BCUT2D eigenvalue weighted by Gasteiger charge is 2.27. The minimum Gasteiger partial charge on any atom is -0.756 e. The summed E-state index contributed by atoms with van der Waals surface area (Å²) in [6.45, 7) is 6.63. The molecule has 1 N–H and O–H groups in total. The lowest BCUT2D eigenvalue weighted by molar-refractivity contribution is -0.870. The Kier molecular flexibility index (Phi) is 46.8. The standard InChI is InChI=1S/C59H105N2O7P/c1-7-10-13-16-19-22-25-27-29-30-32-34-37-40-43-46-49-52-59(63)68-57(50-47-44-41-38-35-24-21-18-15-12-9-3)56(55-67-69(64,65)66-54-53-61(4,5)6)60-58(62)51-48-45-42-39-36-33-31-28-26-23-20-17-14-11-8-2/h11,14,17,19-20,22-23,26-27,29,32,34,47,50,56-57H,7-10,12-13,15-16,18,21,24-25,28,30-31,33,35-46,48-49,51-55H2,1-6H3,(H-,60,62,64,65)/b14-11+,20-17+,22-19-,26-23+,29-27-,34-32-,50-47+. The number of quaternary nitrogens is 1. The van der Waals surface area contributed by atoms with E-state index in [9.17, 15) is 19.0 Å². The first-order valence-electron chi connectivity index (χ1n) is 27.9. The molecule has 69 heavy (non-hydrogen) atoms. The van der Waals surface area contributed by atoms with Gasteiger partial charge >= 0.3 is 5.97 Å². The number of amides is 1. The van der Waals surface area contributed by atoms with Gasteiger partial charge in [-0.3, -0.25) is 14.2 Å². The molecule has 0 radical (unpaired) electrons. The maximum atomic E-state index is 13.5. The number of allylic oxidation sites excluding steroid dienone is 13. The zero-order valence-electron chi connectivity index (χ0n) is 45.2. The lowest BCUT2D eigenvalue weighted by Gasteiger charge is -2.30. The Morgan fingerprint density at radius 1 is 0.536 bits per heavy atom. The van der Waals surface area contributed by atoms with Gasteiger partial charge in [0.25, 0.3) is 7.82 Å². The predicted molar refractivity (Wildman–Crippen MR) is 293 cm³/mol. The summed E-state index contributed by atoms with van der Waals surface area (Å²) in [6, 6.07) is -0.906. The number of esters is 1. The molecule has 9 nitrogen and oxygen atoms in total. The van der Waals surface area contributed by atoms with Gasteiger partial charge < -0.3 is 28.5 Å². The molecule has 0 saturated heterocycles. The van der Waals surface area contributed by atoms with Crippen LogP contribution in [0.3, 0.4) is 0 Å². The molecule has 0 aliphatic carbocycles. The summed E-state index contributed by atoms with van der Waals surface area (Å²) < 4.78 is 30.2. The zero-order valence-corrected chi connectivity index (χ0v) is 46.1. The monoisotopic (exact) mass is 985 g/mol. The highest BCUT2D eigenvalue weighted by Crippen LogP contribution is 2.38. The summed E-state index contributed by atoms with van der Waals surface area (Å²) in [5.41, 5.74) is 0. The van der Waals surface area contributed by atoms with E-state index in [0.717, 1.165) is 96.3 Å². The molecule has 0 saturated carbocycles. The van der Waals surface area contributed by atoms with Crippen LogP contribution in [0.25, 0.3) is 0 Å². The third-order valence-electron chi connectivity index (χ3n) is 11.9. The number of nitrogens with one attached hydrogen (secondary N) is 1. The van der Waals surface area contributed by atoms with E-state index < -0.39 is 26.6 Å². The Morgan fingerprint density at radius 2 is 0.986 bits per heavy atom. The summed E-state index contributed by atoms with van der Waals surface area (Å²) in [5, 5.41) is 3.00. The SMILES string of the molecule is CC/C=C/C=C/C=C/CCCCCCCCCC(=O)NC(COP(=O)([O-])OCC[N+](C)(C)C)C(/C=C/CCCCCCCCCCC)OC(=O)CCCCCC/C=C\C/C=C\C/C=C\CCCCC. The van der Waals surface area contributed by atoms with Gasteiger partial charge in [-0.1, -0.05) is 209 Å². The first kappa shape index (κ1) is 66.2. The Hall–Kier alpha value is -2.81. The minimum absolute atomic E-state index is 0.0325. The number of phosphoric acid groups is 1. The van der Waals surface area contributed by atoms with E-state index in [0.29, 0.717) is 23.9 Å². The summed E-state index contributed by atoms with van der Waals surface area (Å²) >= 11 is 0. The van der Waals surface area contributed by atoms with E-state index >= 15 is 0 Å². The number of phosphoric ester groups is 1. The topological polar surface area (TPSA) is 114 Å². The van der Waals surface area contributed by atoms with Crippen molar-refractivity contribution in [3.63, 3.8) is 0 Å². The second kappa shape index (κ2) is 48.8. The number of unbranched alkanes of at least 4 members (excludes halogenated alkanes) is 23. The molecule has 0 aromatic carbocycles. The van der Waals surface area contributed by atoms with Crippen LogP contribution >= 0.6 is 7.82 Å². The summed E-state index contributed by atoms with van der Waals surface area (Å²) in [7, 11) is 1.15. The molecule has 0 rings (SSSR count).